The lowest BCUT2D eigenvalue weighted by Crippen LogP contribution is -2.36. The highest BCUT2D eigenvalue weighted by Crippen LogP contribution is 2.31. The summed E-state index contributed by atoms with van der Waals surface area (Å²) in [6, 6.07) is 17.1. The number of amides is 3. The van der Waals surface area contributed by atoms with Crippen LogP contribution in [0.1, 0.15) is 45.5 Å². The van der Waals surface area contributed by atoms with Gasteiger partial charge < -0.3 is 20.4 Å². The molecule has 1 heterocycles. The highest BCUT2D eigenvalue weighted by Gasteiger charge is 2.30. The van der Waals surface area contributed by atoms with Crippen molar-refractivity contribution in [3.63, 3.8) is 0 Å². The number of benzene rings is 3. The Morgan fingerprint density at radius 3 is 2.36 bits per heavy atom. The second-order valence-corrected chi connectivity index (χ2v) is 9.92. The molecule has 1 aliphatic carbocycles. The highest BCUT2D eigenvalue weighted by molar-refractivity contribution is 6.02. The molecule has 1 aliphatic heterocycles. The van der Waals surface area contributed by atoms with Crippen LogP contribution in [0.5, 0.6) is 0 Å². The van der Waals surface area contributed by atoms with Gasteiger partial charge in [-0.25, -0.2) is 8.78 Å². The average Bonchev–Trinajstić information content (AvgIpc) is 3.80. The lowest BCUT2D eigenvalue weighted by atomic mass is 10.1. The van der Waals surface area contributed by atoms with Crippen LogP contribution in [0.3, 0.4) is 0 Å². The second-order valence-electron chi connectivity index (χ2n) is 9.92. The van der Waals surface area contributed by atoms with Gasteiger partial charge in [-0.15, -0.1) is 0 Å². The predicted octanol–water partition coefficient (Wildman–Crippen LogP) is 4.60. The van der Waals surface area contributed by atoms with Gasteiger partial charge in [-0.2, -0.15) is 0 Å². The zero-order chi connectivity index (χ0) is 27.4. The molecule has 0 spiro atoms. The number of nitrogens with one attached hydrogen (secondary N) is 2. The summed E-state index contributed by atoms with van der Waals surface area (Å²) in [6.07, 6.45) is 2.37. The van der Waals surface area contributed by atoms with E-state index in [1.54, 1.807) is 41.3 Å². The van der Waals surface area contributed by atoms with Crippen molar-refractivity contribution in [2.24, 2.45) is 5.92 Å². The Morgan fingerprint density at radius 1 is 0.846 bits per heavy atom. The van der Waals surface area contributed by atoms with Crippen molar-refractivity contribution in [1.82, 2.24) is 10.2 Å². The first-order valence-corrected chi connectivity index (χ1v) is 13.2. The van der Waals surface area contributed by atoms with Gasteiger partial charge >= 0.3 is 0 Å². The van der Waals surface area contributed by atoms with Gasteiger partial charge in [0.2, 0.25) is 5.91 Å². The summed E-state index contributed by atoms with van der Waals surface area (Å²) in [6.45, 7) is 2.08. The number of halogens is 2. The van der Waals surface area contributed by atoms with E-state index in [-0.39, 0.29) is 41.6 Å². The van der Waals surface area contributed by atoms with E-state index < -0.39 is 5.82 Å². The van der Waals surface area contributed by atoms with Gasteiger partial charge in [-0.1, -0.05) is 24.3 Å². The molecule has 2 aliphatic rings. The number of nitrogens with zero attached hydrogens (tertiary/aromatic N) is 2. The van der Waals surface area contributed by atoms with E-state index in [0.717, 1.165) is 18.4 Å². The van der Waals surface area contributed by atoms with Crippen molar-refractivity contribution < 1.29 is 23.2 Å². The fraction of sp³-hybridized carbons (Fsp3) is 0.300. The molecule has 0 radical (unpaired) electrons. The molecule has 3 amide bonds. The first-order valence-electron chi connectivity index (χ1n) is 13.2. The summed E-state index contributed by atoms with van der Waals surface area (Å²) >= 11 is 0. The third-order valence-corrected chi connectivity index (χ3v) is 7.05. The van der Waals surface area contributed by atoms with E-state index >= 15 is 0 Å². The molecule has 202 valence electrons. The molecule has 7 nitrogen and oxygen atoms in total. The van der Waals surface area contributed by atoms with Gasteiger partial charge in [0.05, 0.1) is 11.1 Å². The molecule has 1 saturated carbocycles. The SMILES string of the molecule is O=C(NCc1ccc(F)cc1)c1cc(NC(=O)C2CC2)ccc1N1CCCN(C(=O)c2ccccc2F)CC1. The molecule has 0 unspecified atom stereocenters. The van der Waals surface area contributed by atoms with Crippen LogP contribution >= 0.6 is 0 Å². The summed E-state index contributed by atoms with van der Waals surface area (Å²) in [5.74, 6) is -1.63. The molecular weight excluding hydrogens is 502 g/mol. The van der Waals surface area contributed by atoms with Gasteiger partial charge in [0.25, 0.3) is 11.8 Å². The van der Waals surface area contributed by atoms with E-state index in [0.29, 0.717) is 49.5 Å². The monoisotopic (exact) mass is 532 g/mol. The number of hydrogen-bond donors (Lipinski definition) is 2. The minimum absolute atomic E-state index is 0.0176. The highest BCUT2D eigenvalue weighted by atomic mass is 19.1. The lowest BCUT2D eigenvalue weighted by molar-refractivity contribution is -0.117. The Kier molecular flexibility index (Phi) is 7.86. The Bertz CT molecular complexity index is 1370. The van der Waals surface area contributed by atoms with Crippen LogP contribution in [0.25, 0.3) is 0 Å². The largest absolute Gasteiger partial charge is 0.369 e. The minimum atomic E-state index is -0.549. The van der Waals surface area contributed by atoms with Crippen molar-refractivity contribution >= 4 is 29.1 Å². The van der Waals surface area contributed by atoms with Crippen LogP contribution in [0.2, 0.25) is 0 Å². The maximum absolute atomic E-state index is 14.2. The maximum Gasteiger partial charge on any atom is 0.256 e. The molecule has 1 saturated heterocycles. The van der Waals surface area contributed by atoms with Gasteiger partial charge in [-0.3, -0.25) is 14.4 Å². The predicted molar refractivity (Wildman–Crippen MR) is 144 cm³/mol. The van der Waals surface area contributed by atoms with Crippen LogP contribution in [0, 0.1) is 17.6 Å². The number of carbonyl (C=O) groups excluding carboxylic acids is 3. The molecule has 5 rings (SSSR count). The van der Waals surface area contributed by atoms with Crippen LogP contribution in [-0.2, 0) is 11.3 Å². The van der Waals surface area contributed by atoms with Gasteiger partial charge in [0.1, 0.15) is 11.6 Å². The topological polar surface area (TPSA) is 81.8 Å². The summed E-state index contributed by atoms with van der Waals surface area (Å²) in [5, 5.41) is 5.79. The van der Waals surface area contributed by atoms with Crippen LogP contribution in [-0.4, -0.2) is 48.8 Å². The lowest BCUT2D eigenvalue weighted by Gasteiger charge is -2.26. The van der Waals surface area contributed by atoms with E-state index in [1.807, 2.05) is 11.0 Å². The van der Waals surface area contributed by atoms with Gasteiger partial charge in [0.15, 0.2) is 0 Å². The Balaban J connectivity index is 1.34. The van der Waals surface area contributed by atoms with Gasteiger partial charge in [-0.05, 0) is 67.3 Å². The minimum Gasteiger partial charge on any atom is -0.369 e. The summed E-state index contributed by atoms with van der Waals surface area (Å²) < 4.78 is 27.5. The molecule has 2 N–H and O–H groups in total. The maximum atomic E-state index is 14.2. The number of anilines is 2. The van der Waals surface area contributed by atoms with Crippen molar-refractivity contribution in [3.05, 3.63) is 95.1 Å². The Hall–Kier alpha value is -4.27. The first kappa shape index (κ1) is 26.3. The molecule has 0 aromatic heterocycles. The van der Waals surface area contributed by atoms with Crippen molar-refractivity contribution in [3.8, 4) is 0 Å². The Morgan fingerprint density at radius 2 is 1.62 bits per heavy atom. The standard InChI is InChI=1S/C30H30F2N4O3/c31-22-10-6-20(7-11-22)19-33-29(38)25-18-23(34-28(37)21-8-9-21)12-13-27(25)35-14-3-15-36(17-16-35)30(39)24-4-1-2-5-26(24)32/h1-2,4-7,10-13,18,21H,3,8-9,14-17,19H2,(H,33,38)(H,34,37). The van der Waals surface area contributed by atoms with E-state index in [9.17, 15) is 23.2 Å². The molecule has 3 aromatic carbocycles. The molecule has 2 fully saturated rings. The third-order valence-electron chi connectivity index (χ3n) is 7.05. The van der Waals surface area contributed by atoms with Crippen molar-refractivity contribution in [2.75, 3.05) is 36.4 Å². The molecular formula is C30H30F2N4O3. The summed E-state index contributed by atoms with van der Waals surface area (Å²) in [5.41, 5.74) is 2.40. The molecule has 39 heavy (non-hydrogen) atoms. The molecule has 9 heteroatoms. The molecule has 0 bridgehead atoms. The fourth-order valence-electron chi connectivity index (χ4n) is 4.71. The number of rotatable bonds is 7. The van der Waals surface area contributed by atoms with Crippen molar-refractivity contribution in [2.45, 2.75) is 25.8 Å². The van der Waals surface area contributed by atoms with Crippen LogP contribution < -0.4 is 15.5 Å². The smallest absolute Gasteiger partial charge is 0.256 e. The fourth-order valence-corrected chi connectivity index (χ4v) is 4.71. The van der Waals surface area contributed by atoms with Crippen molar-refractivity contribution in [1.29, 1.82) is 0 Å². The van der Waals surface area contributed by atoms with Gasteiger partial charge in [0, 0.05) is 50.0 Å². The zero-order valence-electron chi connectivity index (χ0n) is 21.5. The van der Waals surface area contributed by atoms with E-state index in [2.05, 4.69) is 10.6 Å². The van der Waals surface area contributed by atoms with E-state index in [4.69, 9.17) is 0 Å². The summed E-state index contributed by atoms with van der Waals surface area (Å²) in [7, 11) is 0. The number of hydrogen-bond acceptors (Lipinski definition) is 4. The summed E-state index contributed by atoms with van der Waals surface area (Å²) in [4.78, 5) is 42.4. The van der Waals surface area contributed by atoms with Crippen LogP contribution in [0.15, 0.2) is 66.7 Å². The number of carbonyl (C=O) groups is 3. The van der Waals surface area contributed by atoms with E-state index in [1.165, 1.54) is 24.3 Å². The Labute approximate surface area is 225 Å². The first-order chi connectivity index (χ1) is 18.9. The van der Waals surface area contributed by atoms with Crippen LogP contribution in [0.4, 0.5) is 20.2 Å². The zero-order valence-corrected chi connectivity index (χ0v) is 21.5. The normalized spacial score (nSPS) is 15.4. The molecule has 3 aromatic rings. The average molecular weight is 533 g/mol. The molecule has 0 atom stereocenters. The third kappa shape index (κ3) is 6.42. The quantitative estimate of drug-likeness (QED) is 0.466. The second kappa shape index (κ2) is 11.6.